The van der Waals surface area contributed by atoms with Gasteiger partial charge < -0.3 is 0 Å². The fourth-order valence-electron chi connectivity index (χ4n) is 12.2. The van der Waals surface area contributed by atoms with Crippen molar-refractivity contribution >= 4 is 22.8 Å². The zero-order valence-corrected chi connectivity index (χ0v) is 54.2. The van der Waals surface area contributed by atoms with Gasteiger partial charge in [0, 0.05) is 0 Å². The second kappa shape index (κ2) is 59.0. The number of nitrogens with zero attached hydrogens (tertiary/aromatic N) is 2. The average Bonchev–Trinajstić information content (AvgIpc) is 3.46. The summed E-state index contributed by atoms with van der Waals surface area (Å²) in [5.41, 5.74) is 7.24. The van der Waals surface area contributed by atoms with Crippen LogP contribution in [0.5, 0.6) is 0 Å². The molecule has 0 amide bonds. The van der Waals surface area contributed by atoms with Crippen molar-refractivity contribution in [2.75, 3.05) is 0 Å². The highest BCUT2D eigenvalue weighted by molar-refractivity contribution is 6.42. The van der Waals surface area contributed by atoms with Crippen molar-refractivity contribution in [2.45, 2.75) is 407 Å². The maximum Gasteiger partial charge on any atom is 0.0633 e. The number of benzene rings is 2. The molecule has 0 heterocycles. The predicted octanol–water partition coefficient (Wildman–Crippen LogP) is 27.9. The van der Waals surface area contributed by atoms with Crippen molar-refractivity contribution in [3.63, 3.8) is 0 Å². The zero-order valence-electron chi connectivity index (χ0n) is 54.2. The molecule has 2 aromatic carbocycles. The third-order valence-corrected chi connectivity index (χ3v) is 17.8. The summed E-state index contributed by atoms with van der Waals surface area (Å²) in [4.78, 5) is 10.3. The molecule has 2 rings (SSSR count). The summed E-state index contributed by atoms with van der Waals surface area (Å²) in [6, 6.07) is 18.2. The molecular formula is C77H138N2. The van der Waals surface area contributed by atoms with Crippen LogP contribution in [-0.4, -0.2) is 11.4 Å². The summed E-state index contributed by atoms with van der Waals surface area (Å²) in [6.07, 6.45) is 83.6. The van der Waals surface area contributed by atoms with Crippen molar-refractivity contribution in [2.24, 2.45) is 9.98 Å². The highest BCUT2D eigenvalue weighted by atomic mass is 14.8. The number of unbranched alkanes of at least 4 members (excludes halogenated alkanes) is 53. The average molecular weight is 1090 g/mol. The Morgan fingerprint density at radius 3 is 0.646 bits per heavy atom. The summed E-state index contributed by atoms with van der Waals surface area (Å²) in [7, 11) is 0. The lowest BCUT2D eigenvalue weighted by molar-refractivity contribution is 0.515. The maximum absolute atomic E-state index is 5.22. The third-order valence-electron chi connectivity index (χ3n) is 17.8. The standard InChI is InChI=1S/C77H138N2/c1-5-8-11-14-16-18-20-22-24-26-28-30-32-34-36-38-40-42-44-46-48-50-52-54-56-58-61-73-64-68-75(69-65-73)78-72(4)77(63-60-13-10-7-3)79-76-70-66-74(67-71-76)62-59-57-55-53-51-49-47-45-43-41-39-37-35-33-31-29-27-25-23-21-19-17-15-12-9-6-2/h64-71H,5-63H2,1-4H3. The van der Waals surface area contributed by atoms with Crippen molar-refractivity contribution in [1.29, 1.82) is 0 Å². The van der Waals surface area contributed by atoms with Gasteiger partial charge in [-0.25, -0.2) is 0 Å². The molecular weight excluding hydrogens is 953 g/mol. The molecule has 2 heteroatoms. The zero-order chi connectivity index (χ0) is 56.3. The van der Waals surface area contributed by atoms with Crippen LogP contribution in [0.15, 0.2) is 58.5 Å². The number of aliphatic imine (C=N–C) groups is 2. The van der Waals surface area contributed by atoms with Crippen LogP contribution in [0.3, 0.4) is 0 Å². The van der Waals surface area contributed by atoms with Crippen LogP contribution < -0.4 is 0 Å². The molecule has 456 valence electrons. The van der Waals surface area contributed by atoms with Gasteiger partial charge in [-0.2, -0.15) is 0 Å². The molecule has 2 aromatic rings. The molecule has 0 aliphatic rings. The van der Waals surface area contributed by atoms with E-state index in [1.54, 1.807) is 0 Å². The Bertz CT molecular complexity index is 1570. The summed E-state index contributed by atoms with van der Waals surface area (Å²) < 4.78 is 0. The van der Waals surface area contributed by atoms with E-state index in [0.29, 0.717) is 0 Å². The van der Waals surface area contributed by atoms with E-state index in [1.165, 1.54) is 384 Å². The lowest BCUT2D eigenvalue weighted by Crippen LogP contribution is -2.10. The van der Waals surface area contributed by atoms with Crippen LogP contribution >= 0.6 is 0 Å². The second-order valence-corrected chi connectivity index (χ2v) is 25.6. The van der Waals surface area contributed by atoms with Gasteiger partial charge in [0.05, 0.1) is 22.8 Å². The number of rotatable bonds is 62. The first-order valence-corrected chi connectivity index (χ1v) is 36.5. The normalized spacial score (nSPS) is 12.2. The molecule has 0 N–H and O–H groups in total. The van der Waals surface area contributed by atoms with Crippen molar-refractivity contribution in [3.05, 3.63) is 59.7 Å². The molecule has 79 heavy (non-hydrogen) atoms. The Balaban J connectivity index is 1.47. The maximum atomic E-state index is 5.22. The van der Waals surface area contributed by atoms with Gasteiger partial charge in [-0.15, -0.1) is 0 Å². The first kappa shape index (κ1) is 72.9. The number of aryl methyl sites for hydroxylation is 2. The Kier molecular flexibility index (Phi) is 54.4. The van der Waals surface area contributed by atoms with Crippen LogP contribution in [0.25, 0.3) is 0 Å². The Morgan fingerprint density at radius 2 is 0.418 bits per heavy atom. The molecule has 2 nitrogen and oxygen atoms in total. The van der Waals surface area contributed by atoms with Gasteiger partial charge in [-0.05, 0) is 80.8 Å². The monoisotopic (exact) mass is 1090 g/mol. The summed E-state index contributed by atoms with van der Waals surface area (Å²) in [6.45, 7) is 9.09. The third kappa shape index (κ3) is 49.0. The number of hydrogen-bond acceptors (Lipinski definition) is 2. The van der Waals surface area contributed by atoms with Gasteiger partial charge in [0.2, 0.25) is 0 Å². The lowest BCUT2D eigenvalue weighted by atomic mass is 10.0. The second-order valence-electron chi connectivity index (χ2n) is 25.6. The van der Waals surface area contributed by atoms with E-state index in [9.17, 15) is 0 Å². The first-order valence-electron chi connectivity index (χ1n) is 36.5. The van der Waals surface area contributed by atoms with E-state index in [2.05, 4.69) is 76.2 Å². The molecule has 0 aliphatic heterocycles. The predicted molar refractivity (Wildman–Crippen MR) is 360 cm³/mol. The van der Waals surface area contributed by atoms with Crippen LogP contribution in [0, 0.1) is 0 Å². The Hall–Kier alpha value is -2.22. The molecule has 0 unspecified atom stereocenters. The van der Waals surface area contributed by atoms with Crippen LogP contribution in [0.4, 0.5) is 11.4 Å². The fraction of sp³-hybridized carbons (Fsp3) is 0.818. The van der Waals surface area contributed by atoms with Gasteiger partial charge in [0.15, 0.2) is 0 Å². The minimum Gasteiger partial charge on any atom is -0.252 e. The minimum absolute atomic E-state index is 0.994. The molecule has 0 spiro atoms. The fourth-order valence-corrected chi connectivity index (χ4v) is 12.2. The van der Waals surface area contributed by atoms with Crippen LogP contribution in [-0.2, 0) is 12.8 Å². The quantitative estimate of drug-likeness (QED) is 0.0466. The number of hydrogen-bond donors (Lipinski definition) is 0. The largest absolute Gasteiger partial charge is 0.252 e. The van der Waals surface area contributed by atoms with Gasteiger partial charge in [-0.3, -0.25) is 9.98 Å². The van der Waals surface area contributed by atoms with E-state index in [-0.39, 0.29) is 0 Å². The van der Waals surface area contributed by atoms with E-state index < -0.39 is 0 Å². The molecule has 0 atom stereocenters. The van der Waals surface area contributed by atoms with Gasteiger partial charge in [-0.1, -0.05) is 385 Å². The minimum atomic E-state index is 0.994. The van der Waals surface area contributed by atoms with Crippen LogP contribution in [0.2, 0.25) is 0 Å². The summed E-state index contributed by atoms with van der Waals surface area (Å²) in [5.74, 6) is 0. The molecule has 0 saturated carbocycles. The molecule has 0 fully saturated rings. The SMILES string of the molecule is CCCCCCCCCCCCCCCCCCCCCCCCCCCCc1ccc(N=C(C)C(CCCCCC)=Nc2ccc(CCCCCCCCCCCCCCCCCCCCCCCCCCCC)cc2)cc1. The van der Waals surface area contributed by atoms with Gasteiger partial charge in [0.1, 0.15) is 0 Å². The Labute approximate surface area is 496 Å². The lowest BCUT2D eigenvalue weighted by Gasteiger charge is -2.09. The van der Waals surface area contributed by atoms with Crippen molar-refractivity contribution < 1.29 is 0 Å². The summed E-state index contributed by atoms with van der Waals surface area (Å²) >= 11 is 0. The smallest absolute Gasteiger partial charge is 0.0633 e. The van der Waals surface area contributed by atoms with Crippen LogP contribution in [0.1, 0.15) is 405 Å². The highest BCUT2D eigenvalue weighted by Gasteiger charge is 2.08. The van der Waals surface area contributed by atoms with E-state index in [4.69, 9.17) is 9.98 Å². The molecule has 0 aromatic heterocycles. The van der Waals surface area contributed by atoms with Crippen molar-refractivity contribution in [1.82, 2.24) is 0 Å². The van der Waals surface area contributed by atoms with E-state index in [1.807, 2.05) is 0 Å². The van der Waals surface area contributed by atoms with Gasteiger partial charge >= 0.3 is 0 Å². The highest BCUT2D eigenvalue weighted by Crippen LogP contribution is 2.23. The Morgan fingerprint density at radius 1 is 0.228 bits per heavy atom. The van der Waals surface area contributed by atoms with E-state index in [0.717, 1.165) is 29.2 Å². The molecule has 0 saturated heterocycles. The van der Waals surface area contributed by atoms with Gasteiger partial charge in [0.25, 0.3) is 0 Å². The van der Waals surface area contributed by atoms with E-state index >= 15 is 0 Å². The molecule has 0 aliphatic carbocycles. The molecule has 0 bridgehead atoms. The summed E-state index contributed by atoms with van der Waals surface area (Å²) in [5, 5.41) is 0. The van der Waals surface area contributed by atoms with Crippen molar-refractivity contribution in [3.8, 4) is 0 Å². The molecule has 0 radical (unpaired) electrons. The topological polar surface area (TPSA) is 24.7 Å². The first-order chi connectivity index (χ1) is 39.2.